The summed E-state index contributed by atoms with van der Waals surface area (Å²) in [6.07, 6.45) is 2.76. The molecule has 1 aromatic heterocycles. The van der Waals surface area contributed by atoms with Gasteiger partial charge in [0.25, 0.3) is 0 Å². The van der Waals surface area contributed by atoms with Crippen LogP contribution in [0.15, 0.2) is 18.3 Å². The highest BCUT2D eigenvalue weighted by Crippen LogP contribution is 2.27. The van der Waals surface area contributed by atoms with E-state index in [2.05, 4.69) is 9.88 Å². The summed E-state index contributed by atoms with van der Waals surface area (Å²) in [6, 6.07) is 3.71. The molecule has 1 atom stereocenters. The maximum absolute atomic E-state index is 11.2. The minimum absolute atomic E-state index is 0.297. The Labute approximate surface area is 105 Å². The second-order valence-corrected chi connectivity index (χ2v) is 5.13. The van der Waals surface area contributed by atoms with E-state index >= 15 is 0 Å². The summed E-state index contributed by atoms with van der Waals surface area (Å²) in [4.78, 5) is 17.6. The number of aromatic nitrogens is 1. The third kappa shape index (κ3) is 2.54. The zero-order chi connectivity index (χ0) is 12.3. The second-order valence-electron chi connectivity index (χ2n) is 3.98. The van der Waals surface area contributed by atoms with Crippen molar-refractivity contribution in [3.05, 3.63) is 23.9 Å². The fraction of sp³-hybridized carbons (Fsp3) is 0.500. The third-order valence-corrected chi connectivity index (χ3v) is 4.12. The maximum atomic E-state index is 11.2. The Bertz CT molecular complexity index is 405. The van der Waals surface area contributed by atoms with Crippen LogP contribution < -0.4 is 4.90 Å². The average Bonchev–Trinajstić information content (AvgIpc) is 2.84. The molecule has 0 saturated carbocycles. The Hall–Kier alpha value is -1.23. The van der Waals surface area contributed by atoms with Crippen LogP contribution in [0.3, 0.4) is 0 Å². The second kappa shape index (κ2) is 5.40. The smallest absolute Gasteiger partial charge is 0.339 e. The van der Waals surface area contributed by atoms with E-state index in [0.29, 0.717) is 17.4 Å². The van der Waals surface area contributed by atoms with Gasteiger partial charge >= 0.3 is 5.97 Å². The fourth-order valence-electron chi connectivity index (χ4n) is 2.14. The van der Waals surface area contributed by atoms with Crippen LogP contribution in [0.5, 0.6) is 0 Å². The standard InChI is InChI=1S/C12H16N2O2S/c1-2-14(9-5-7-17-8-9)11-10(12(15)16)4-3-6-13-11/h3-4,6,9H,2,5,7-8H2,1H3,(H,15,16). The molecule has 0 radical (unpaired) electrons. The van der Waals surface area contributed by atoms with Crippen molar-refractivity contribution in [2.45, 2.75) is 19.4 Å². The zero-order valence-corrected chi connectivity index (χ0v) is 10.6. The van der Waals surface area contributed by atoms with E-state index in [0.717, 1.165) is 24.5 Å². The lowest BCUT2D eigenvalue weighted by Crippen LogP contribution is -2.36. The number of thioether (sulfide) groups is 1. The molecule has 1 aromatic rings. The Morgan fingerprint density at radius 3 is 3.12 bits per heavy atom. The van der Waals surface area contributed by atoms with E-state index in [-0.39, 0.29) is 0 Å². The van der Waals surface area contributed by atoms with Gasteiger partial charge in [-0.3, -0.25) is 0 Å². The third-order valence-electron chi connectivity index (χ3n) is 2.98. The molecular formula is C12H16N2O2S. The van der Waals surface area contributed by atoms with Gasteiger partial charge in [-0.25, -0.2) is 9.78 Å². The average molecular weight is 252 g/mol. The fourth-order valence-corrected chi connectivity index (χ4v) is 3.37. The molecule has 1 saturated heterocycles. The van der Waals surface area contributed by atoms with E-state index in [1.54, 1.807) is 18.3 Å². The Morgan fingerprint density at radius 2 is 2.53 bits per heavy atom. The van der Waals surface area contributed by atoms with Crippen LogP contribution >= 0.6 is 11.8 Å². The van der Waals surface area contributed by atoms with Crippen LogP contribution in [0, 0.1) is 0 Å². The molecule has 0 bridgehead atoms. The highest BCUT2D eigenvalue weighted by Gasteiger charge is 2.26. The molecule has 0 spiro atoms. The molecule has 92 valence electrons. The van der Waals surface area contributed by atoms with E-state index in [1.165, 1.54) is 0 Å². The van der Waals surface area contributed by atoms with Gasteiger partial charge in [0.15, 0.2) is 0 Å². The van der Waals surface area contributed by atoms with Gasteiger partial charge in [0.05, 0.1) is 0 Å². The number of carbonyl (C=O) groups is 1. The predicted molar refractivity (Wildman–Crippen MR) is 69.9 cm³/mol. The monoisotopic (exact) mass is 252 g/mol. The molecular weight excluding hydrogens is 236 g/mol. The number of rotatable bonds is 4. The number of carboxylic acids is 1. The minimum atomic E-state index is -0.905. The lowest BCUT2D eigenvalue weighted by Gasteiger charge is -2.29. The number of anilines is 1. The largest absolute Gasteiger partial charge is 0.478 e. The number of carboxylic acid groups (broad SMARTS) is 1. The summed E-state index contributed by atoms with van der Waals surface area (Å²) in [7, 11) is 0. The molecule has 4 nitrogen and oxygen atoms in total. The van der Waals surface area contributed by atoms with Gasteiger partial charge in [0.2, 0.25) is 0 Å². The van der Waals surface area contributed by atoms with Gasteiger partial charge < -0.3 is 10.0 Å². The number of hydrogen-bond acceptors (Lipinski definition) is 4. The van der Waals surface area contributed by atoms with Crippen LogP contribution in [0.25, 0.3) is 0 Å². The molecule has 1 N–H and O–H groups in total. The summed E-state index contributed by atoms with van der Waals surface area (Å²) in [5, 5.41) is 9.18. The molecule has 1 aliphatic heterocycles. The molecule has 1 fully saturated rings. The zero-order valence-electron chi connectivity index (χ0n) is 9.80. The van der Waals surface area contributed by atoms with Gasteiger partial charge in [-0.05, 0) is 31.2 Å². The van der Waals surface area contributed by atoms with Crippen LogP contribution in [0.1, 0.15) is 23.7 Å². The van der Waals surface area contributed by atoms with Crippen molar-refractivity contribution in [1.82, 2.24) is 4.98 Å². The number of pyridine rings is 1. The van der Waals surface area contributed by atoms with Gasteiger partial charge in [-0.2, -0.15) is 11.8 Å². The maximum Gasteiger partial charge on any atom is 0.339 e. The van der Waals surface area contributed by atoms with Crippen molar-refractivity contribution in [3.8, 4) is 0 Å². The van der Waals surface area contributed by atoms with Crippen LogP contribution in [-0.4, -0.2) is 40.2 Å². The minimum Gasteiger partial charge on any atom is -0.478 e. The Balaban J connectivity index is 2.32. The van der Waals surface area contributed by atoms with Crippen molar-refractivity contribution in [2.75, 3.05) is 23.0 Å². The van der Waals surface area contributed by atoms with E-state index in [9.17, 15) is 9.90 Å². The highest BCUT2D eigenvalue weighted by molar-refractivity contribution is 7.99. The Morgan fingerprint density at radius 1 is 1.71 bits per heavy atom. The van der Waals surface area contributed by atoms with Crippen molar-refractivity contribution < 1.29 is 9.90 Å². The summed E-state index contributed by atoms with van der Waals surface area (Å²) in [5.41, 5.74) is 0.297. The van der Waals surface area contributed by atoms with Gasteiger partial charge in [0.1, 0.15) is 11.4 Å². The van der Waals surface area contributed by atoms with Crippen LogP contribution in [0.4, 0.5) is 5.82 Å². The van der Waals surface area contributed by atoms with Gasteiger partial charge in [0, 0.05) is 24.5 Å². The molecule has 5 heteroatoms. The molecule has 1 unspecified atom stereocenters. The molecule has 2 heterocycles. The number of nitrogens with zero attached hydrogens (tertiary/aromatic N) is 2. The SMILES string of the molecule is CCN(c1ncccc1C(=O)O)C1CCSC1. The van der Waals surface area contributed by atoms with Gasteiger partial charge in [-0.15, -0.1) is 0 Å². The summed E-state index contributed by atoms with van der Waals surface area (Å²) >= 11 is 1.92. The molecule has 1 aliphatic rings. The molecule has 17 heavy (non-hydrogen) atoms. The Kier molecular flexibility index (Phi) is 3.89. The molecule has 0 aromatic carbocycles. The van der Waals surface area contributed by atoms with Crippen molar-refractivity contribution >= 4 is 23.5 Å². The predicted octanol–water partition coefficient (Wildman–Crippen LogP) is 2.11. The topological polar surface area (TPSA) is 53.4 Å². The first kappa shape index (κ1) is 12.2. The summed E-state index contributed by atoms with van der Waals surface area (Å²) in [6.45, 7) is 2.84. The quantitative estimate of drug-likeness (QED) is 0.889. The van der Waals surface area contributed by atoms with Crippen molar-refractivity contribution in [3.63, 3.8) is 0 Å². The molecule has 0 amide bonds. The molecule has 2 rings (SSSR count). The lowest BCUT2D eigenvalue weighted by atomic mass is 10.1. The first-order valence-corrected chi connectivity index (χ1v) is 6.92. The van der Waals surface area contributed by atoms with Crippen molar-refractivity contribution in [1.29, 1.82) is 0 Å². The summed E-state index contributed by atoms with van der Waals surface area (Å²) < 4.78 is 0. The van der Waals surface area contributed by atoms with E-state index in [1.807, 2.05) is 18.7 Å². The normalized spacial score (nSPS) is 19.2. The first-order valence-electron chi connectivity index (χ1n) is 5.76. The summed E-state index contributed by atoms with van der Waals surface area (Å²) in [5.74, 6) is 1.91. The van der Waals surface area contributed by atoms with Crippen LogP contribution in [-0.2, 0) is 0 Å². The van der Waals surface area contributed by atoms with Crippen molar-refractivity contribution in [2.24, 2.45) is 0 Å². The van der Waals surface area contributed by atoms with Crippen LogP contribution in [0.2, 0.25) is 0 Å². The van der Waals surface area contributed by atoms with E-state index < -0.39 is 5.97 Å². The highest BCUT2D eigenvalue weighted by atomic mass is 32.2. The number of hydrogen-bond donors (Lipinski definition) is 1. The van der Waals surface area contributed by atoms with Gasteiger partial charge in [-0.1, -0.05) is 0 Å². The molecule has 0 aliphatic carbocycles. The lowest BCUT2D eigenvalue weighted by molar-refractivity contribution is 0.0697. The first-order chi connectivity index (χ1) is 8.24. The van der Waals surface area contributed by atoms with E-state index in [4.69, 9.17) is 0 Å². The number of aromatic carboxylic acids is 1.